The predicted octanol–water partition coefficient (Wildman–Crippen LogP) is 3.06. The van der Waals surface area contributed by atoms with Crippen LogP contribution in [0.5, 0.6) is 0 Å². The Balaban J connectivity index is 1.51. The number of pyridine rings is 1. The van der Waals surface area contributed by atoms with E-state index in [2.05, 4.69) is 20.9 Å². The van der Waals surface area contributed by atoms with Crippen LogP contribution in [0.25, 0.3) is 0 Å². The van der Waals surface area contributed by atoms with Crippen molar-refractivity contribution in [1.29, 1.82) is 0 Å². The Hall–Kier alpha value is -3.09. The third-order valence-electron chi connectivity index (χ3n) is 4.57. The van der Waals surface area contributed by atoms with Crippen LogP contribution in [-0.2, 0) is 4.79 Å². The van der Waals surface area contributed by atoms with E-state index in [1.807, 2.05) is 44.2 Å². The molecule has 1 aliphatic heterocycles. The predicted molar refractivity (Wildman–Crippen MR) is 107 cm³/mol. The smallest absolute Gasteiger partial charge is 0.319 e. The van der Waals surface area contributed by atoms with Gasteiger partial charge in [0, 0.05) is 43.6 Å². The Labute approximate surface area is 159 Å². The number of amides is 3. The number of anilines is 3. The summed E-state index contributed by atoms with van der Waals surface area (Å²) in [5.41, 5.74) is 3.54. The number of hydrogen-bond donors (Lipinski definition) is 3. The van der Waals surface area contributed by atoms with E-state index in [-0.39, 0.29) is 11.9 Å². The molecule has 1 saturated heterocycles. The van der Waals surface area contributed by atoms with Gasteiger partial charge in [0.15, 0.2) is 0 Å². The zero-order chi connectivity index (χ0) is 19.2. The van der Waals surface area contributed by atoms with E-state index in [4.69, 9.17) is 0 Å². The van der Waals surface area contributed by atoms with E-state index < -0.39 is 0 Å². The third kappa shape index (κ3) is 4.75. The topological polar surface area (TPSA) is 86.4 Å². The molecule has 2 aromatic rings. The normalized spacial score (nSPS) is 13.6. The molecule has 1 aliphatic rings. The maximum Gasteiger partial charge on any atom is 0.319 e. The van der Waals surface area contributed by atoms with Crippen molar-refractivity contribution in [2.75, 3.05) is 35.2 Å². The molecule has 1 fully saturated rings. The van der Waals surface area contributed by atoms with Crippen LogP contribution in [0.15, 0.2) is 36.5 Å². The zero-order valence-corrected chi connectivity index (χ0v) is 15.7. The van der Waals surface area contributed by atoms with Gasteiger partial charge in [0.2, 0.25) is 5.91 Å². The highest BCUT2D eigenvalue weighted by molar-refractivity contribution is 5.97. The molecule has 0 saturated carbocycles. The SMILES string of the molecule is Cc1ccc(N2CCCC2=O)cc1NC(=O)NCCNc1ncccc1C. The molecule has 142 valence electrons. The van der Waals surface area contributed by atoms with Crippen LogP contribution in [-0.4, -0.2) is 36.6 Å². The van der Waals surface area contributed by atoms with Crippen molar-refractivity contribution >= 4 is 29.1 Å². The molecule has 7 heteroatoms. The van der Waals surface area contributed by atoms with Crippen LogP contribution in [0.2, 0.25) is 0 Å². The highest BCUT2D eigenvalue weighted by atomic mass is 16.2. The number of nitrogens with zero attached hydrogens (tertiary/aromatic N) is 2. The van der Waals surface area contributed by atoms with Crippen LogP contribution >= 0.6 is 0 Å². The van der Waals surface area contributed by atoms with Gasteiger partial charge in [-0.2, -0.15) is 0 Å². The molecular formula is C20H25N5O2. The van der Waals surface area contributed by atoms with Gasteiger partial charge in [0.1, 0.15) is 5.82 Å². The average Bonchev–Trinajstić information content (AvgIpc) is 3.08. The second-order valence-corrected chi connectivity index (χ2v) is 6.62. The lowest BCUT2D eigenvalue weighted by molar-refractivity contribution is -0.117. The van der Waals surface area contributed by atoms with Crippen LogP contribution in [0.3, 0.4) is 0 Å². The molecule has 0 radical (unpaired) electrons. The fourth-order valence-electron chi connectivity index (χ4n) is 3.03. The summed E-state index contributed by atoms with van der Waals surface area (Å²) in [6.45, 7) is 5.68. The number of benzene rings is 1. The van der Waals surface area contributed by atoms with Gasteiger partial charge in [0.25, 0.3) is 0 Å². The molecule has 0 unspecified atom stereocenters. The molecule has 0 spiro atoms. The number of aromatic nitrogens is 1. The van der Waals surface area contributed by atoms with Crippen molar-refractivity contribution in [3.63, 3.8) is 0 Å². The summed E-state index contributed by atoms with van der Waals surface area (Å²) in [4.78, 5) is 30.1. The summed E-state index contributed by atoms with van der Waals surface area (Å²) in [7, 11) is 0. The molecule has 1 aromatic heterocycles. The number of nitrogens with one attached hydrogen (secondary N) is 3. The highest BCUT2D eigenvalue weighted by Gasteiger charge is 2.22. The maximum absolute atomic E-state index is 12.2. The van der Waals surface area contributed by atoms with Gasteiger partial charge in [-0.15, -0.1) is 0 Å². The van der Waals surface area contributed by atoms with Crippen molar-refractivity contribution in [2.24, 2.45) is 0 Å². The van der Waals surface area contributed by atoms with E-state index >= 15 is 0 Å². The molecule has 3 rings (SSSR count). The Bertz CT molecular complexity index is 837. The Morgan fingerprint density at radius 2 is 2.04 bits per heavy atom. The first kappa shape index (κ1) is 18.7. The van der Waals surface area contributed by atoms with Gasteiger partial charge in [-0.25, -0.2) is 9.78 Å². The minimum absolute atomic E-state index is 0.130. The lowest BCUT2D eigenvalue weighted by Crippen LogP contribution is -2.33. The molecule has 3 amide bonds. The first-order valence-corrected chi connectivity index (χ1v) is 9.16. The van der Waals surface area contributed by atoms with E-state index in [1.54, 1.807) is 11.1 Å². The number of carbonyl (C=O) groups excluding carboxylic acids is 2. The second kappa shape index (κ2) is 8.53. The number of hydrogen-bond acceptors (Lipinski definition) is 4. The molecule has 0 atom stereocenters. The largest absolute Gasteiger partial charge is 0.368 e. The van der Waals surface area contributed by atoms with Gasteiger partial charge in [0.05, 0.1) is 0 Å². The highest BCUT2D eigenvalue weighted by Crippen LogP contribution is 2.26. The van der Waals surface area contributed by atoms with Crippen LogP contribution < -0.4 is 20.9 Å². The molecule has 1 aromatic carbocycles. The van der Waals surface area contributed by atoms with E-state index in [0.717, 1.165) is 35.6 Å². The van der Waals surface area contributed by atoms with E-state index in [9.17, 15) is 9.59 Å². The zero-order valence-electron chi connectivity index (χ0n) is 15.7. The molecule has 7 nitrogen and oxygen atoms in total. The Morgan fingerprint density at radius 3 is 2.78 bits per heavy atom. The molecule has 3 N–H and O–H groups in total. The third-order valence-corrected chi connectivity index (χ3v) is 4.57. The minimum atomic E-state index is -0.275. The first-order chi connectivity index (χ1) is 13.0. The maximum atomic E-state index is 12.2. The molecule has 0 aliphatic carbocycles. The van der Waals surface area contributed by atoms with Crippen molar-refractivity contribution in [1.82, 2.24) is 10.3 Å². The number of aryl methyl sites for hydroxylation is 2. The summed E-state index contributed by atoms with van der Waals surface area (Å²) in [5, 5.41) is 8.89. The average molecular weight is 367 g/mol. The standard InChI is InChI=1S/C20H25N5O2/c1-14-7-8-16(25-12-4-6-18(25)26)13-17(14)24-20(27)23-11-10-22-19-15(2)5-3-9-21-19/h3,5,7-9,13H,4,6,10-12H2,1-2H3,(H,21,22)(H2,23,24,27). The Morgan fingerprint density at radius 1 is 1.19 bits per heavy atom. The van der Waals surface area contributed by atoms with E-state index in [0.29, 0.717) is 25.2 Å². The monoisotopic (exact) mass is 367 g/mol. The lowest BCUT2D eigenvalue weighted by atomic mass is 10.1. The van der Waals surface area contributed by atoms with Crippen molar-refractivity contribution in [3.8, 4) is 0 Å². The van der Waals surface area contributed by atoms with E-state index in [1.165, 1.54) is 0 Å². The molecule has 0 bridgehead atoms. The molecular weight excluding hydrogens is 342 g/mol. The quantitative estimate of drug-likeness (QED) is 0.685. The van der Waals surface area contributed by atoms with Gasteiger partial charge < -0.3 is 20.9 Å². The number of carbonyl (C=O) groups is 2. The fraction of sp³-hybridized carbons (Fsp3) is 0.350. The van der Waals surface area contributed by atoms with Crippen LogP contribution in [0.4, 0.5) is 22.0 Å². The number of rotatable bonds is 6. The molecule has 27 heavy (non-hydrogen) atoms. The minimum Gasteiger partial charge on any atom is -0.368 e. The van der Waals surface area contributed by atoms with Crippen LogP contribution in [0.1, 0.15) is 24.0 Å². The summed E-state index contributed by atoms with van der Waals surface area (Å²) in [5.74, 6) is 0.948. The van der Waals surface area contributed by atoms with Crippen molar-refractivity contribution < 1.29 is 9.59 Å². The molecule has 2 heterocycles. The number of urea groups is 1. The van der Waals surface area contributed by atoms with Gasteiger partial charge >= 0.3 is 6.03 Å². The fourth-order valence-corrected chi connectivity index (χ4v) is 3.03. The lowest BCUT2D eigenvalue weighted by Gasteiger charge is -2.18. The Kier molecular flexibility index (Phi) is 5.90. The van der Waals surface area contributed by atoms with Crippen molar-refractivity contribution in [2.45, 2.75) is 26.7 Å². The van der Waals surface area contributed by atoms with Crippen molar-refractivity contribution in [3.05, 3.63) is 47.7 Å². The summed E-state index contributed by atoms with van der Waals surface area (Å²) < 4.78 is 0. The first-order valence-electron chi connectivity index (χ1n) is 9.16. The summed E-state index contributed by atoms with van der Waals surface area (Å²) in [6.07, 6.45) is 3.19. The van der Waals surface area contributed by atoms with Gasteiger partial charge in [-0.3, -0.25) is 4.79 Å². The van der Waals surface area contributed by atoms with Gasteiger partial charge in [-0.05, 0) is 49.6 Å². The summed E-state index contributed by atoms with van der Waals surface area (Å²) in [6, 6.07) is 9.29. The van der Waals surface area contributed by atoms with Gasteiger partial charge in [-0.1, -0.05) is 12.1 Å². The second-order valence-electron chi connectivity index (χ2n) is 6.62. The summed E-state index contributed by atoms with van der Waals surface area (Å²) >= 11 is 0. The van der Waals surface area contributed by atoms with Crippen LogP contribution in [0, 0.1) is 13.8 Å².